The summed E-state index contributed by atoms with van der Waals surface area (Å²) in [7, 11) is 0. The van der Waals surface area contributed by atoms with Crippen LogP contribution in [0.15, 0.2) is 24.3 Å². The number of carbonyl (C=O) groups excluding carboxylic acids is 1. The average molecular weight is 310 g/mol. The second kappa shape index (κ2) is 8.60. The largest absolute Gasteiger partial charge is 0.480 e. The van der Waals surface area contributed by atoms with Gasteiger partial charge in [0.25, 0.3) is 5.69 Å². The molecule has 1 amide bonds. The molecule has 0 fully saturated rings. The number of carbonyl (C=O) groups is 2. The molecule has 0 heterocycles. The summed E-state index contributed by atoms with van der Waals surface area (Å²) in [6.45, 7) is 2.17. The van der Waals surface area contributed by atoms with E-state index in [-0.39, 0.29) is 18.7 Å². The number of amides is 1. The third-order valence-electron chi connectivity index (χ3n) is 2.91. The molecule has 0 saturated heterocycles. The molecule has 120 valence electrons. The Labute approximate surface area is 127 Å². The summed E-state index contributed by atoms with van der Waals surface area (Å²) in [5.74, 6) is -1.20. The van der Waals surface area contributed by atoms with E-state index in [2.05, 4.69) is 5.32 Å². The highest BCUT2D eigenvalue weighted by Crippen LogP contribution is 2.13. The highest BCUT2D eigenvalue weighted by molar-refractivity contribution is 5.80. The lowest BCUT2D eigenvalue weighted by atomic mass is 10.1. The predicted molar refractivity (Wildman–Crippen MR) is 77.6 cm³/mol. The molecule has 0 radical (unpaired) electrons. The molecule has 0 spiro atoms. The van der Waals surface area contributed by atoms with Gasteiger partial charge in [0.15, 0.2) is 0 Å². The molecule has 2 N–H and O–H groups in total. The van der Waals surface area contributed by atoms with E-state index >= 15 is 0 Å². The molecule has 0 saturated carbocycles. The highest BCUT2D eigenvalue weighted by Gasteiger charge is 2.21. The normalized spacial score (nSPS) is 11.5. The first-order valence-corrected chi connectivity index (χ1v) is 6.83. The van der Waals surface area contributed by atoms with Crippen LogP contribution in [0.3, 0.4) is 0 Å². The van der Waals surface area contributed by atoms with Gasteiger partial charge in [-0.25, -0.2) is 9.59 Å². The van der Waals surface area contributed by atoms with Crippen molar-refractivity contribution in [3.63, 3.8) is 0 Å². The Morgan fingerprint density at radius 3 is 2.50 bits per heavy atom. The fraction of sp³-hybridized carbons (Fsp3) is 0.429. The molecule has 1 unspecified atom stereocenters. The molecular formula is C14H18N2O6. The van der Waals surface area contributed by atoms with Crippen LogP contribution in [0.5, 0.6) is 0 Å². The number of aliphatic carboxylic acids is 1. The maximum atomic E-state index is 11.5. The van der Waals surface area contributed by atoms with E-state index in [9.17, 15) is 19.7 Å². The van der Waals surface area contributed by atoms with Gasteiger partial charge in [-0.3, -0.25) is 10.1 Å². The minimum Gasteiger partial charge on any atom is -0.480 e. The van der Waals surface area contributed by atoms with Gasteiger partial charge in [0, 0.05) is 18.6 Å². The van der Waals surface area contributed by atoms with Crippen molar-refractivity contribution in [1.82, 2.24) is 5.32 Å². The molecule has 8 nitrogen and oxygen atoms in total. The monoisotopic (exact) mass is 310 g/mol. The first-order valence-electron chi connectivity index (χ1n) is 6.83. The van der Waals surface area contributed by atoms with Crippen molar-refractivity contribution >= 4 is 17.7 Å². The van der Waals surface area contributed by atoms with Gasteiger partial charge in [-0.05, 0) is 12.0 Å². The second-order valence-electron chi connectivity index (χ2n) is 4.65. The lowest BCUT2D eigenvalue weighted by Gasteiger charge is -2.14. The summed E-state index contributed by atoms with van der Waals surface area (Å²) in [5.41, 5.74) is 0.481. The van der Waals surface area contributed by atoms with E-state index in [4.69, 9.17) is 9.84 Å². The quantitative estimate of drug-likeness (QED) is 0.431. The minimum absolute atomic E-state index is 0.0101. The summed E-state index contributed by atoms with van der Waals surface area (Å²) in [4.78, 5) is 32.7. The smallest absolute Gasteiger partial charge is 0.407 e. The number of non-ortho nitro benzene ring substituents is 1. The van der Waals surface area contributed by atoms with Gasteiger partial charge in [-0.15, -0.1) is 0 Å². The number of hydrogen-bond acceptors (Lipinski definition) is 5. The zero-order valence-electron chi connectivity index (χ0n) is 12.2. The van der Waals surface area contributed by atoms with Gasteiger partial charge >= 0.3 is 12.1 Å². The zero-order valence-corrected chi connectivity index (χ0v) is 12.2. The van der Waals surface area contributed by atoms with Gasteiger partial charge in [-0.2, -0.15) is 0 Å². The van der Waals surface area contributed by atoms with Crippen LogP contribution in [0, 0.1) is 10.1 Å². The number of benzene rings is 1. The maximum absolute atomic E-state index is 11.5. The number of carboxylic acid groups (broad SMARTS) is 1. The van der Waals surface area contributed by atoms with Crippen molar-refractivity contribution in [2.45, 2.75) is 32.2 Å². The number of nitro benzene ring substituents is 1. The second-order valence-corrected chi connectivity index (χ2v) is 4.65. The first kappa shape index (κ1) is 17.4. The van der Waals surface area contributed by atoms with Crippen molar-refractivity contribution in [1.29, 1.82) is 0 Å². The van der Waals surface area contributed by atoms with Crippen LogP contribution < -0.4 is 5.32 Å². The van der Waals surface area contributed by atoms with Gasteiger partial charge in [0.1, 0.15) is 6.04 Å². The predicted octanol–water partition coefficient (Wildman–Crippen LogP) is 2.12. The molecule has 22 heavy (non-hydrogen) atoms. The number of carboxylic acids is 1. The van der Waals surface area contributed by atoms with Crippen LogP contribution in [0.25, 0.3) is 0 Å². The number of nitrogens with one attached hydrogen (secondary N) is 1. The molecule has 0 aliphatic carbocycles. The summed E-state index contributed by atoms with van der Waals surface area (Å²) in [6, 6.07) is 4.33. The lowest BCUT2D eigenvalue weighted by molar-refractivity contribution is -0.384. The van der Waals surface area contributed by atoms with E-state index in [1.165, 1.54) is 24.3 Å². The van der Waals surface area contributed by atoms with Crippen molar-refractivity contribution in [2.75, 3.05) is 6.61 Å². The van der Waals surface area contributed by atoms with Gasteiger partial charge in [0.2, 0.25) is 0 Å². The van der Waals surface area contributed by atoms with E-state index in [0.29, 0.717) is 12.0 Å². The van der Waals surface area contributed by atoms with Crippen LogP contribution in [-0.2, 0) is 16.0 Å². The van der Waals surface area contributed by atoms with Crippen LogP contribution in [0.2, 0.25) is 0 Å². The standard InChI is InChI=1S/C14H18N2O6/c1-2-3-8-22-14(19)15-12(13(17)18)9-10-4-6-11(7-5-10)16(20)21/h4-7,12H,2-3,8-9H2,1H3,(H,15,19)(H,17,18). The molecule has 0 aliphatic heterocycles. The topological polar surface area (TPSA) is 119 Å². The fourth-order valence-corrected chi connectivity index (χ4v) is 1.68. The molecule has 1 atom stereocenters. The summed E-state index contributed by atoms with van der Waals surface area (Å²) >= 11 is 0. The number of ether oxygens (including phenoxy) is 1. The number of nitrogens with zero attached hydrogens (tertiary/aromatic N) is 1. The molecule has 1 rings (SSSR count). The number of rotatable bonds is 8. The number of nitro groups is 1. The van der Waals surface area contributed by atoms with Crippen molar-refractivity contribution in [3.8, 4) is 0 Å². The van der Waals surface area contributed by atoms with Crippen LogP contribution >= 0.6 is 0 Å². The van der Waals surface area contributed by atoms with Crippen LogP contribution in [0.1, 0.15) is 25.3 Å². The minimum atomic E-state index is -1.20. The Morgan fingerprint density at radius 1 is 1.36 bits per heavy atom. The lowest BCUT2D eigenvalue weighted by Crippen LogP contribution is -2.42. The van der Waals surface area contributed by atoms with Crippen molar-refractivity contribution in [3.05, 3.63) is 39.9 Å². The number of unbranched alkanes of at least 4 members (excludes halogenated alkanes) is 1. The van der Waals surface area contributed by atoms with Crippen LogP contribution in [0.4, 0.5) is 10.5 Å². The third kappa shape index (κ3) is 5.78. The number of hydrogen-bond donors (Lipinski definition) is 2. The third-order valence-corrected chi connectivity index (χ3v) is 2.91. The summed E-state index contributed by atoms with van der Waals surface area (Å²) in [6.07, 6.45) is 0.782. The maximum Gasteiger partial charge on any atom is 0.407 e. The Hall–Kier alpha value is -2.64. The van der Waals surface area contributed by atoms with Crippen LogP contribution in [-0.4, -0.2) is 34.7 Å². The summed E-state index contributed by atoms with van der Waals surface area (Å²) < 4.78 is 4.85. The Bertz CT molecular complexity index is 529. The molecular weight excluding hydrogens is 292 g/mol. The molecule has 0 aromatic heterocycles. The molecule has 0 aliphatic rings. The zero-order chi connectivity index (χ0) is 16.5. The van der Waals surface area contributed by atoms with E-state index in [0.717, 1.165) is 6.42 Å². The van der Waals surface area contributed by atoms with Gasteiger partial charge in [-0.1, -0.05) is 25.5 Å². The van der Waals surface area contributed by atoms with Gasteiger partial charge < -0.3 is 15.2 Å². The molecule has 0 bridgehead atoms. The number of alkyl carbamates (subject to hydrolysis) is 1. The molecule has 1 aromatic carbocycles. The fourth-order valence-electron chi connectivity index (χ4n) is 1.68. The van der Waals surface area contributed by atoms with E-state index in [1.807, 2.05) is 6.92 Å². The Morgan fingerprint density at radius 2 is 2.00 bits per heavy atom. The average Bonchev–Trinajstić information content (AvgIpc) is 2.47. The van der Waals surface area contributed by atoms with Gasteiger partial charge in [0.05, 0.1) is 11.5 Å². The highest BCUT2D eigenvalue weighted by atomic mass is 16.6. The van der Waals surface area contributed by atoms with E-state index in [1.54, 1.807) is 0 Å². The summed E-state index contributed by atoms with van der Waals surface area (Å²) in [5, 5.41) is 21.9. The van der Waals surface area contributed by atoms with Crippen molar-refractivity contribution in [2.24, 2.45) is 0 Å². The van der Waals surface area contributed by atoms with Crippen molar-refractivity contribution < 1.29 is 24.4 Å². The molecule has 1 aromatic rings. The Kier molecular flexibility index (Phi) is 6.81. The SMILES string of the molecule is CCCCOC(=O)NC(Cc1ccc([N+](=O)[O-])cc1)C(=O)O. The Balaban J connectivity index is 2.62. The first-order chi connectivity index (χ1) is 10.4. The molecule has 8 heteroatoms. The van der Waals surface area contributed by atoms with E-state index < -0.39 is 23.0 Å².